The lowest BCUT2D eigenvalue weighted by atomic mass is 9.67. The van der Waals surface area contributed by atoms with E-state index in [2.05, 4.69) is 15.9 Å². The van der Waals surface area contributed by atoms with Gasteiger partial charge in [-0.05, 0) is 17.9 Å². The summed E-state index contributed by atoms with van der Waals surface area (Å²) in [7, 11) is 0. The number of likely N-dealkylation sites (tertiary alicyclic amines) is 1. The van der Waals surface area contributed by atoms with Gasteiger partial charge in [-0.15, -0.1) is 0 Å². The third-order valence-corrected chi connectivity index (χ3v) is 4.85. The fourth-order valence-electron chi connectivity index (χ4n) is 2.95. The second-order valence-electron chi connectivity index (χ2n) is 5.03. The predicted octanol–water partition coefficient (Wildman–Crippen LogP) is 2.20. The number of carbonyl (C=O) groups is 2. The van der Waals surface area contributed by atoms with Gasteiger partial charge in [0.15, 0.2) is 0 Å². The molecule has 1 aliphatic carbocycles. The minimum atomic E-state index is -0.0689. The lowest BCUT2D eigenvalue weighted by molar-refractivity contribution is -0.140. The van der Waals surface area contributed by atoms with Crippen molar-refractivity contribution in [2.75, 3.05) is 5.33 Å². The molecule has 1 saturated heterocycles. The molecule has 3 rings (SSSR count). The Kier molecular flexibility index (Phi) is 2.98. The summed E-state index contributed by atoms with van der Waals surface area (Å²) in [5.74, 6) is 0.257. The molecule has 2 aliphatic rings. The van der Waals surface area contributed by atoms with Gasteiger partial charge < -0.3 is 0 Å². The number of alkyl halides is 1. The summed E-state index contributed by atoms with van der Waals surface area (Å²) in [6, 6.07) is 9.68. The Labute approximate surface area is 114 Å². The highest BCUT2D eigenvalue weighted by atomic mass is 79.9. The van der Waals surface area contributed by atoms with Gasteiger partial charge in [-0.1, -0.05) is 46.3 Å². The third kappa shape index (κ3) is 1.70. The van der Waals surface area contributed by atoms with Gasteiger partial charge in [0.2, 0.25) is 11.8 Å². The molecule has 3 unspecified atom stereocenters. The number of rotatable bonds is 3. The van der Waals surface area contributed by atoms with Crippen molar-refractivity contribution >= 4 is 27.7 Å². The fraction of sp³-hybridized carbons (Fsp3) is 0.429. The molecule has 0 N–H and O–H groups in total. The molecule has 1 aromatic carbocycles. The van der Waals surface area contributed by atoms with Crippen LogP contribution in [-0.4, -0.2) is 22.0 Å². The van der Waals surface area contributed by atoms with E-state index in [4.69, 9.17) is 0 Å². The summed E-state index contributed by atoms with van der Waals surface area (Å²) in [4.78, 5) is 25.8. The number of benzene rings is 1. The average Bonchev–Trinajstić information content (AvgIpc) is 2.52. The van der Waals surface area contributed by atoms with Gasteiger partial charge in [0.25, 0.3) is 0 Å². The van der Waals surface area contributed by atoms with Crippen LogP contribution in [0.15, 0.2) is 30.3 Å². The molecule has 2 fully saturated rings. The SMILES string of the molecule is O=C1C2CC(CBr)C2C(=O)N1Cc1ccccc1. The lowest BCUT2D eigenvalue weighted by Crippen LogP contribution is -2.39. The van der Waals surface area contributed by atoms with Crippen LogP contribution in [0, 0.1) is 17.8 Å². The monoisotopic (exact) mass is 307 g/mol. The first-order chi connectivity index (χ1) is 8.72. The van der Waals surface area contributed by atoms with Crippen molar-refractivity contribution in [1.82, 2.24) is 4.90 Å². The maximum absolute atomic E-state index is 12.2. The summed E-state index contributed by atoms with van der Waals surface area (Å²) < 4.78 is 0. The van der Waals surface area contributed by atoms with Crippen LogP contribution < -0.4 is 0 Å². The van der Waals surface area contributed by atoms with Gasteiger partial charge in [-0.25, -0.2) is 0 Å². The highest BCUT2D eigenvalue weighted by molar-refractivity contribution is 9.09. The summed E-state index contributed by atoms with van der Waals surface area (Å²) in [6.45, 7) is 0.417. The van der Waals surface area contributed by atoms with Crippen molar-refractivity contribution in [3.05, 3.63) is 35.9 Å². The molecule has 94 valence electrons. The van der Waals surface area contributed by atoms with Gasteiger partial charge >= 0.3 is 0 Å². The topological polar surface area (TPSA) is 37.4 Å². The molecule has 2 amide bonds. The van der Waals surface area contributed by atoms with Crippen molar-refractivity contribution < 1.29 is 9.59 Å². The zero-order chi connectivity index (χ0) is 12.7. The van der Waals surface area contributed by atoms with Crippen LogP contribution in [-0.2, 0) is 16.1 Å². The number of halogens is 1. The van der Waals surface area contributed by atoms with Crippen molar-refractivity contribution in [3.63, 3.8) is 0 Å². The molecule has 18 heavy (non-hydrogen) atoms. The van der Waals surface area contributed by atoms with Crippen LogP contribution >= 0.6 is 15.9 Å². The maximum Gasteiger partial charge on any atom is 0.233 e. The Bertz CT molecular complexity index is 488. The smallest absolute Gasteiger partial charge is 0.233 e. The highest BCUT2D eigenvalue weighted by Gasteiger charge is 2.57. The molecule has 0 spiro atoms. The number of carbonyl (C=O) groups excluding carboxylic acids is 2. The highest BCUT2D eigenvalue weighted by Crippen LogP contribution is 2.48. The molecule has 3 atom stereocenters. The van der Waals surface area contributed by atoms with Crippen LogP contribution in [0.4, 0.5) is 0 Å². The van der Waals surface area contributed by atoms with E-state index in [0.717, 1.165) is 17.3 Å². The minimum Gasteiger partial charge on any atom is -0.278 e. The second kappa shape index (κ2) is 4.50. The summed E-state index contributed by atoms with van der Waals surface area (Å²) in [5, 5.41) is 0.812. The van der Waals surface area contributed by atoms with E-state index in [1.807, 2.05) is 30.3 Å². The molecule has 1 aromatic rings. The zero-order valence-corrected chi connectivity index (χ0v) is 11.5. The van der Waals surface area contributed by atoms with Gasteiger partial charge in [0.1, 0.15) is 0 Å². The molecule has 0 bridgehead atoms. The largest absolute Gasteiger partial charge is 0.278 e. The van der Waals surface area contributed by atoms with Crippen molar-refractivity contribution in [3.8, 4) is 0 Å². The second-order valence-corrected chi connectivity index (χ2v) is 5.68. The zero-order valence-electron chi connectivity index (χ0n) is 9.88. The van der Waals surface area contributed by atoms with Gasteiger partial charge in [-0.2, -0.15) is 0 Å². The quantitative estimate of drug-likeness (QED) is 0.634. The lowest BCUT2D eigenvalue weighted by Gasteiger charge is -2.34. The standard InChI is InChI=1S/C14H14BrNO2/c15-7-10-6-11-12(10)14(18)16(13(11)17)8-9-4-2-1-3-5-9/h1-5,10-12H,6-8H2. The number of imide groups is 1. The number of hydrogen-bond donors (Lipinski definition) is 0. The molecule has 3 nitrogen and oxygen atoms in total. The van der Waals surface area contributed by atoms with E-state index in [0.29, 0.717) is 12.5 Å². The molecule has 1 saturated carbocycles. The van der Waals surface area contributed by atoms with Crippen LogP contribution in [0.3, 0.4) is 0 Å². The molecular weight excluding hydrogens is 294 g/mol. The van der Waals surface area contributed by atoms with E-state index in [1.54, 1.807) is 0 Å². The van der Waals surface area contributed by atoms with Gasteiger partial charge in [0, 0.05) is 5.33 Å². The number of amides is 2. The van der Waals surface area contributed by atoms with Crippen LogP contribution in [0.1, 0.15) is 12.0 Å². The normalized spacial score (nSPS) is 30.3. The third-order valence-electron chi connectivity index (χ3n) is 4.01. The van der Waals surface area contributed by atoms with Crippen LogP contribution in [0.5, 0.6) is 0 Å². The Morgan fingerprint density at radius 1 is 1.17 bits per heavy atom. The van der Waals surface area contributed by atoms with Gasteiger partial charge in [0.05, 0.1) is 18.4 Å². The first-order valence-electron chi connectivity index (χ1n) is 6.17. The van der Waals surface area contributed by atoms with E-state index >= 15 is 0 Å². The summed E-state index contributed by atoms with van der Waals surface area (Å²) in [5.41, 5.74) is 1.01. The molecule has 0 radical (unpaired) electrons. The Balaban J connectivity index is 1.78. The van der Waals surface area contributed by atoms with E-state index in [1.165, 1.54) is 4.90 Å². The van der Waals surface area contributed by atoms with Crippen LogP contribution in [0.25, 0.3) is 0 Å². The Hall–Kier alpha value is -1.16. The van der Waals surface area contributed by atoms with E-state index < -0.39 is 0 Å². The first kappa shape index (κ1) is 11.9. The Morgan fingerprint density at radius 3 is 2.56 bits per heavy atom. The van der Waals surface area contributed by atoms with E-state index in [-0.39, 0.29) is 23.7 Å². The Morgan fingerprint density at radius 2 is 1.89 bits per heavy atom. The first-order valence-corrected chi connectivity index (χ1v) is 7.29. The molecule has 1 aliphatic heterocycles. The molecule has 0 aromatic heterocycles. The molecule has 1 heterocycles. The van der Waals surface area contributed by atoms with Crippen molar-refractivity contribution in [2.24, 2.45) is 17.8 Å². The molecule has 4 heteroatoms. The van der Waals surface area contributed by atoms with Crippen LogP contribution in [0.2, 0.25) is 0 Å². The maximum atomic E-state index is 12.2. The minimum absolute atomic E-state index is 0.0181. The van der Waals surface area contributed by atoms with Gasteiger partial charge in [-0.3, -0.25) is 14.5 Å². The average molecular weight is 308 g/mol. The number of hydrogen-bond acceptors (Lipinski definition) is 2. The molecular formula is C14H14BrNO2. The van der Waals surface area contributed by atoms with E-state index in [9.17, 15) is 9.59 Å². The number of nitrogens with zero attached hydrogens (tertiary/aromatic N) is 1. The number of fused-ring (bicyclic) bond motifs is 1. The van der Waals surface area contributed by atoms with Crippen molar-refractivity contribution in [1.29, 1.82) is 0 Å². The summed E-state index contributed by atoms with van der Waals surface area (Å²) >= 11 is 3.41. The summed E-state index contributed by atoms with van der Waals surface area (Å²) in [6.07, 6.45) is 0.853. The van der Waals surface area contributed by atoms with Crippen molar-refractivity contribution in [2.45, 2.75) is 13.0 Å². The predicted molar refractivity (Wildman–Crippen MR) is 70.9 cm³/mol. The fourth-order valence-corrected chi connectivity index (χ4v) is 3.62.